The second-order valence-corrected chi connectivity index (χ2v) is 0.725. The summed E-state index contributed by atoms with van der Waals surface area (Å²) < 4.78 is 0. The van der Waals surface area contributed by atoms with Gasteiger partial charge >= 0.3 is 0 Å². The summed E-state index contributed by atoms with van der Waals surface area (Å²) in [6, 6.07) is 0. The molecule has 0 bridgehead atoms. The maximum Gasteiger partial charge on any atom is 0.187 e. The number of hydrogen-bond acceptors (Lipinski definition) is 2. The van der Waals surface area contributed by atoms with Crippen LogP contribution in [0.4, 0.5) is 0 Å². The molecule has 0 heterocycles. The molecule has 0 aromatic carbocycles. The number of hydrogen-bond donors (Lipinski definition) is 4. The van der Waals surface area contributed by atoms with E-state index in [9.17, 15) is 0 Å². The first-order valence-corrected chi connectivity index (χ1v) is 1.41. The first-order chi connectivity index (χ1) is 2.77. The van der Waals surface area contributed by atoms with E-state index < -0.39 is 0 Å². The molecule has 0 aromatic heterocycles. The van der Waals surface area contributed by atoms with Crippen LogP contribution in [0.1, 0.15) is 0 Å². The Kier molecular flexibility index (Phi) is 2.15. The molecule has 0 atom stereocenters. The smallest absolute Gasteiger partial charge is 0.187 e. The molecule has 0 saturated heterocycles. The van der Waals surface area contributed by atoms with Crippen molar-refractivity contribution in [3.8, 4) is 0 Å². The Morgan fingerprint density at radius 3 is 2.33 bits per heavy atom. The fourth-order valence-electron chi connectivity index (χ4n) is 0.0898. The second kappa shape index (κ2) is 2.47. The summed E-state index contributed by atoms with van der Waals surface area (Å²) in [5.74, 6) is -0.141. The third-order valence-corrected chi connectivity index (χ3v) is 0.239. The predicted molar refractivity (Wildman–Crippen MR) is 23.5 cm³/mol. The van der Waals surface area contributed by atoms with Crippen molar-refractivity contribution in [2.24, 2.45) is 11.5 Å². The van der Waals surface area contributed by atoms with Crippen LogP contribution in [0.15, 0.2) is 0 Å². The Labute approximate surface area is 36.0 Å². The van der Waals surface area contributed by atoms with Crippen LogP contribution in [0, 0.1) is 12.1 Å². The molecule has 0 saturated carbocycles. The largest absolute Gasteiger partial charge is 0.370 e. The van der Waals surface area contributed by atoms with E-state index in [-0.39, 0.29) is 5.96 Å². The van der Waals surface area contributed by atoms with Gasteiger partial charge in [0.25, 0.3) is 0 Å². The van der Waals surface area contributed by atoms with Gasteiger partial charge in [0.15, 0.2) is 5.96 Å². The Hall–Kier alpha value is -0.770. The van der Waals surface area contributed by atoms with E-state index in [4.69, 9.17) is 16.9 Å². The summed E-state index contributed by atoms with van der Waals surface area (Å²) in [6.07, 6.45) is 0. The highest BCUT2D eigenvalue weighted by Gasteiger charge is 1.74. The fourth-order valence-corrected chi connectivity index (χ4v) is 0.0898. The minimum absolute atomic E-state index is 0.141. The molecule has 0 fully saturated rings. The molecule has 4 nitrogen and oxygen atoms in total. The van der Waals surface area contributed by atoms with Gasteiger partial charge in [0.05, 0.1) is 0 Å². The minimum atomic E-state index is -0.141. The summed E-state index contributed by atoms with van der Waals surface area (Å²) in [7, 11) is 0. The predicted octanol–water partition coefficient (Wildman–Crippen LogP) is -1.45. The standard InChI is InChI=1S/C2H7N4/c3-1-6-2(4)5/h1H,3H2,(H4,4,5,6). The third-order valence-electron chi connectivity index (χ3n) is 0.239. The molecule has 35 valence electrons. The van der Waals surface area contributed by atoms with Crippen LogP contribution in [0.25, 0.3) is 0 Å². The minimum Gasteiger partial charge on any atom is -0.370 e. The average molecular weight is 87.1 g/mol. The van der Waals surface area contributed by atoms with Gasteiger partial charge < -0.3 is 16.8 Å². The van der Waals surface area contributed by atoms with Gasteiger partial charge in [-0.1, -0.05) is 0 Å². The van der Waals surface area contributed by atoms with Crippen molar-refractivity contribution in [3.63, 3.8) is 0 Å². The van der Waals surface area contributed by atoms with Crippen LogP contribution >= 0.6 is 0 Å². The molecular formula is C2H7N4. The van der Waals surface area contributed by atoms with Crippen LogP contribution < -0.4 is 16.8 Å². The van der Waals surface area contributed by atoms with Crippen molar-refractivity contribution in [1.82, 2.24) is 5.32 Å². The Morgan fingerprint density at radius 2 is 2.33 bits per heavy atom. The van der Waals surface area contributed by atoms with Crippen molar-refractivity contribution in [2.45, 2.75) is 0 Å². The van der Waals surface area contributed by atoms with E-state index >= 15 is 0 Å². The van der Waals surface area contributed by atoms with Gasteiger partial charge in [-0.05, 0) is 0 Å². The zero-order valence-corrected chi connectivity index (χ0v) is 3.23. The molecule has 0 aliphatic heterocycles. The molecule has 0 aromatic rings. The van der Waals surface area contributed by atoms with Crippen LogP contribution in [-0.4, -0.2) is 5.96 Å². The Bertz CT molecular complexity index is 49.5. The first kappa shape index (κ1) is 5.23. The zero-order valence-electron chi connectivity index (χ0n) is 3.23. The van der Waals surface area contributed by atoms with E-state index in [2.05, 4.69) is 5.32 Å². The molecular weight excluding hydrogens is 80.0 g/mol. The van der Waals surface area contributed by atoms with E-state index in [1.54, 1.807) is 0 Å². The van der Waals surface area contributed by atoms with Crippen molar-refractivity contribution >= 4 is 5.96 Å². The highest BCUT2D eigenvalue weighted by molar-refractivity contribution is 5.74. The third kappa shape index (κ3) is 3.23. The lowest BCUT2D eigenvalue weighted by atomic mass is 10.9. The van der Waals surface area contributed by atoms with Crippen LogP contribution in [-0.2, 0) is 0 Å². The normalized spacial score (nSPS) is 7.50. The lowest BCUT2D eigenvalue weighted by molar-refractivity contribution is 1.04. The molecule has 6 N–H and O–H groups in total. The Morgan fingerprint density at radius 1 is 1.83 bits per heavy atom. The Balaban J connectivity index is 2.83. The fraction of sp³-hybridized carbons (Fsp3) is 0. The average Bonchev–Trinajstić information content (AvgIpc) is 1.35. The zero-order chi connectivity index (χ0) is 4.99. The summed E-state index contributed by atoms with van der Waals surface area (Å²) in [5.41, 5.74) is 9.54. The summed E-state index contributed by atoms with van der Waals surface area (Å²) >= 11 is 0. The number of guanidine groups is 1. The molecule has 0 aliphatic rings. The first-order valence-electron chi connectivity index (χ1n) is 1.41. The van der Waals surface area contributed by atoms with Gasteiger partial charge in [-0.15, -0.1) is 0 Å². The lowest BCUT2D eigenvalue weighted by Gasteiger charge is -1.92. The quantitative estimate of drug-likeness (QED) is 0.233. The monoisotopic (exact) mass is 87.1 g/mol. The molecule has 4 heteroatoms. The number of nitrogens with two attached hydrogens (primary N) is 2. The molecule has 0 amide bonds. The topological polar surface area (TPSA) is 87.9 Å². The highest BCUT2D eigenvalue weighted by Crippen LogP contribution is 1.43. The summed E-state index contributed by atoms with van der Waals surface area (Å²) in [6.45, 7) is 1.10. The van der Waals surface area contributed by atoms with Gasteiger partial charge in [0.1, 0.15) is 6.67 Å². The van der Waals surface area contributed by atoms with Crippen molar-refractivity contribution in [1.29, 1.82) is 5.41 Å². The van der Waals surface area contributed by atoms with Crippen LogP contribution in [0.3, 0.4) is 0 Å². The van der Waals surface area contributed by atoms with Crippen molar-refractivity contribution in [3.05, 3.63) is 6.67 Å². The molecule has 1 radical (unpaired) electrons. The van der Waals surface area contributed by atoms with Gasteiger partial charge in [0.2, 0.25) is 0 Å². The molecule has 0 unspecified atom stereocenters. The SMILES string of the molecule is N=C(N)N[CH]N. The molecule has 6 heavy (non-hydrogen) atoms. The van der Waals surface area contributed by atoms with Gasteiger partial charge in [0, 0.05) is 0 Å². The van der Waals surface area contributed by atoms with Gasteiger partial charge in [-0.2, -0.15) is 0 Å². The van der Waals surface area contributed by atoms with Crippen LogP contribution in [0.5, 0.6) is 0 Å². The summed E-state index contributed by atoms with van der Waals surface area (Å²) in [4.78, 5) is 0. The van der Waals surface area contributed by atoms with E-state index in [0.717, 1.165) is 6.67 Å². The van der Waals surface area contributed by atoms with Gasteiger partial charge in [-0.25, -0.2) is 0 Å². The summed E-state index contributed by atoms with van der Waals surface area (Å²) in [5, 5.41) is 8.67. The van der Waals surface area contributed by atoms with Gasteiger partial charge in [-0.3, -0.25) is 5.41 Å². The number of nitrogens with one attached hydrogen (secondary N) is 2. The lowest BCUT2D eigenvalue weighted by Crippen LogP contribution is -2.30. The maximum atomic E-state index is 6.45. The van der Waals surface area contributed by atoms with E-state index in [1.807, 2.05) is 0 Å². The molecule has 0 spiro atoms. The number of rotatable bonds is 1. The highest BCUT2D eigenvalue weighted by atomic mass is 15.1. The maximum absolute atomic E-state index is 6.45. The molecule has 0 aliphatic carbocycles. The van der Waals surface area contributed by atoms with Crippen molar-refractivity contribution < 1.29 is 0 Å². The van der Waals surface area contributed by atoms with Crippen LogP contribution in [0.2, 0.25) is 0 Å². The van der Waals surface area contributed by atoms with E-state index in [0.29, 0.717) is 0 Å². The van der Waals surface area contributed by atoms with Crippen molar-refractivity contribution in [2.75, 3.05) is 0 Å². The second-order valence-electron chi connectivity index (χ2n) is 0.725. The molecule has 0 rings (SSSR count). The van der Waals surface area contributed by atoms with E-state index in [1.165, 1.54) is 0 Å².